The second kappa shape index (κ2) is 8.34. The first-order chi connectivity index (χ1) is 11.0. The summed E-state index contributed by atoms with van der Waals surface area (Å²) in [6.07, 6.45) is 2.59. The van der Waals surface area contributed by atoms with Crippen molar-refractivity contribution in [1.82, 2.24) is 4.90 Å². The van der Waals surface area contributed by atoms with Crippen molar-refractivity contribution in [2.45, 2.75) is 46.6 Å². The molecule has 1 heterocycles. The van der Waals surface area contributed by atoms with Crippen LogP contribution < -0.4 is 11.1 Å². The molecule has 0 aliphatic carbocycles. The summed E-state index contributed by atoms with van der Waals surface area (Å²) in [5, 5.41) is 3.18. The number of hydrogen-bond donors (Lipinski definition) is 2. The van der Waals surface area contributed by atoms with Gasteiger partial charge in [0, 0.05) is 11.7 Å². The van der Waals surface area contributed by atoms with Gasteiger partial charge >= 0.3 is 0 Å². The average molecular weight is 316 g/mol. The van der Waals surface area contributed by atoms with Gasteiger partial charge in [-0.25, -0.2) is 0 Å². The van der Waals surface area contributed by atoms with Gasteiger partial charge in [-0.2, -0.15) is 0 Å². The third kappa shape index (κ3) is 5.54. The van der Waals surface area contributed by atoms with Crippen LogP contribution in [0.25, 0.3) is 0 Å². The second-order valence-corrected chi connectivity index (χ2v) is 7.25. The van der Waals surface area contributed by atoms with E-state index in [1.54, 1.807) is 0 Å². The van der Waals surface area contributed by atoms with Crippen molar-refractivity contribution < 1.29 is 0 Å². The van der Waals surface area contributed by atoms with E-state index in [1.807, 2.05) is 12.1 Å². The molecule has 2 rings (SSSR count). The van der Waals surface area contributed by atoms with E-state index in [9.17, 15) is 0 Å². The number of likely N-dealkylation sites (tertiary alicyclic amines) is 1. The molecule has 0 amide bonds. The molecule has 1 unspecified atom stereocenters. The number of benzene rings is 1. The Kier molecular flexibility index (Phi) is 6.46. The molecule has 0 bridgehead atoms. The van der Waals surface area contributed by atoms with E-state index in [0.717, 1.165) is 18.2 Å². The van der Waals surface area contributed by atoms with Gasteiger partial charge in [0.15, 0.2) is 5.96 Å². The number of nitrogens with two attached hydrogens (primary N) is 1. The summed E-state index contributed by atoms with van der Waals surface area (Å²) >= 11 is 0. The fraction of sp³-hybridized carbons (Fsp3) is 0.632. The Bertz CT molecular complexity index is 499. The second-order valence-electron chi connectivity index (χ2n) is 7.25. The van der Waals surface area contributed by atoms with Gasteiger partial charge in [-0.1, -0.05) is 38.5 Å². The van der Waals surface area contributed by atoms with Crippen LogP contribution in [0.5, 0.6) is 0 Å². The first-order valence-corrected chi connectivity index (χ1v) is 8.83. The average Bonchev–Trinajstić information content (AvgIpc) is 2.51. The molecule has 1 aliphatic heterocycles. The predicted octanol–water partition coefficient (Wildman–Crippen LogP) is 3.48. The third-order valence-corrected chi connectivity index (χ3v) is 4.83. The predicted molar refractivity (Wildman–Crippen MR) is 99.9 cm³/mol. The summed E-state index contributed by atoms with van der Waals surface area (Å²) < 4.78 is 0. The highest BCUT2D eigenvalue weighted by atomic mass is 15.2. The Hall–Kier alpha value is -1.55. The fourth-order valence-corrected chi connectivity index (χ4v) is 3.12. The monoisotopic (exact) mass is 316 g/mol. The molecule has 0 aromatic heterocycles. The van der Waals surface area contributed by atoms with Crippen molar-refractivity contribution in [1.29, 1.82) is 0 Å². The lowest BCUT2D eigenvalue weighted by Gasteiger charge is -2.38. The number of rotatable bonds is 5. The van der Waals surface area contributed by atoms with Crippen LogP contribution in [-0.2, 0) is 0 Å². The van der Waals surface area contributed by atoms with Gasteiger partial charge in [0.05, 0.1) is 6.54 Å². The van der Waals surface area contributed by atoms with Crippen LogP contribution in [0.3, 0.4) is 0 Å². The number of hydrogen-bond acceptors (Lipinski definition) is 2. The number of guanidine groups is 1. The zero-order valence-corrected chi connectivity index (χ0v) is 15.0. The van der Waals surface area contributed by atoms with E-state index in [2.05, 4.69) is 55.0 Å². The molecule has 1 fully saturated rings. The number of aliphatic imine (C=N–C) groups is 1. The Morgan fingerprint density at radius 1 is 1.26 bits per heavy atom. The summed E-state index contributed by atoms with van der Waals surface area (Å²) in [4.78, 5) is 7.19. The summed E-state index contributed by atoms with van der Waals surface area (Å²) in [6, 6.07) is 8.68. The van der Waals surface area contributed by atoms with Crippen molar-refractivity contribution in [3.63, 3.8) is 0 Å². The maximum absolute atomic E-state index is 6.06. The minimum atomic E-state index is 0.473. The van der Waals surface area contributed by atoms with E-state index >= 15 is 0 Å². The molecule has 0 spiro atoms. The Balaban J connectivity index is 1.92. The molecule has 23 heavy (non-hydrogen) atoms. The maximum Gasteiger partial charge on any atom is 0.193 e. The minimum Gasteiger partial charge on any atom is -0.370 e. The fourth-order valence-electron chi connectivity index (χ4n) is 3.12. The molecule has 1 saturated heterocycles. The zero-order chi connectivity index (χ0) is 16.8. The highest BCUT2D eigenvalue weighted by Crippen LogP contribution is 2.21. The van der Waals surface area contributed by atoms with Gasteiger partial charge in [0.25, 0.3) is 0 Å². The van der Waals surface area contributed by atoms with Crippen LogP contribution in [-0.4, -0.2) is 36.5 Å². The normalized spacial score (nSPS) is 19.1. The van der Waals surface area contributed by atoms with E-state index < -0.39 is 0 Å². The van der Waals surface area contributed by atoms with Crippen LogP contribution in [0.4, 0.5) is 5.69 Å². The van der Waals surface area contributed by atoms with E-state index in [0.29, 0.717) is 17.9 Å². The standard InChI is InChI=1S/C19H32N4/c1-14(2)18(23-11-9-16(4)10-12-23)13-21-19(20)22-17-7-5-15(3)6-8-17/h5-8,14,16,18H,9-13H2,1-4H3,(H3,20,21,22). The Morgan fingerprint density at radius 2 is 1.87 bits per heavy atom. The van der Waals surface area contributed by atoms with E-state index in [1.165, 1.54) is 31.5 Å². The van der Waals surface area contributed by atoms with Crippen LogP contribution in [0.15, 0.2) is 29.3 Å². The molecule has 4 nitrogen and oxygen atoms in total. The SMILES string of the molecule is Cc1ccc(NC(N)=NCC(C(C)C)N2CCC(C)CC2)cc1. The van der Waals surface area contributed by atoms with Gasteiger partial charge < -0.3 is 11.1 Å². The summed E-state index contributed by atoms with van der Waals surface area (Å²) in [5.74, 6) is 1.94. The molecular weight excluding hydrogens is 284 g/mol. The highest BCUT2D eigenvalue weighted by molar-refractivity contribution is 5.92. The van der Waals surface area contributed by atoms with Crippen molar-refractivity contribution in [2.24, 2.45) is 22.6 Å². The molecular formula is C19H32N4. The molecule has 1 atom stereocenters. The van der Waals surface area contributed by atoms with E-state index in [-0.39, 0.29) is 0 Å². The molecule has 4 heteroatoms. The van der Waals surface area contributed by atoms with Gasteiger partial charge in [0.1, 0.15) is 0 Å². The largest absolute Gasteiger partial charge is 0.370 e. The van der Waals surface area contributed by atoms with Crippen molar-refractivity contribution >= 4 is 11.6 Å². The zero-order valence-electron chi connectivity index (χ0n) is 15.0. The lowest BCUT2D eigenvalue weighted by Crippen LogP contribution is -2.45. The van der Waals surface area contributed by atoms with Gasteiger partial charge in [-0.15, -0.1) is 0 Å². The minimum absolute atomic E-state index is 0.473. The van der Waals surface area contributed by atoms with Crippen molar-refractivity contribution in [2.75, 3.05) is 25.0 Å². The molecule has 1 aromatic carbocycles. The Labute approximate surface area is 141 Å². The maximum atomic E-state index is 6.06. The molecule has 3 N–H and O–H groups in total. The topological polar surface area (TPSA) is 53.6 Å². The molecule has 128 valence electrons. The molecule has 1 aromatic rings. The first-order valence-electron chi connectivity index (χ1n) is 8.83. The van der Waals surface area contributed by atoms with Crippen LogP contribution in [0, 0.1) is 18.8 Å². The van der Waals surface area contributed by atoms with Crippen molar-refractivity contribution in [3.05, 3.63) is 29.8 Å². The number of nitrogens with zero attached hydrogens (tertiary/aromatic N) is 2. The lowest BCUT2D eigenvalue weighted by molar-refractivity contribution is 0.113. The summed E-state index contributed by atoms with van der Waals surface area (Å²) in [5.41, 5.74) is 8.30. The lowest BCUT2D eigenvalue weighted by atomic mass is 9.94. The molecule has 0 saturated carbocycles. The first kappa shape index (κ1) is 17.8. The number of nitrogens with one attached hydrogen (secondary N) is 1. The quantitative estimate of drug-likeness (QED) is 0.646. The van der Waals surface area contributed by atoms with Crippen molar-refractivity contribution in [3.8, 4) is 0 Å². The van der Waals surface area contributed by atoms with Crippen LogP contribution in [0.2, 0.25) is 0 Å². The van der Waals surface area contributed by atoms with Crippen LogP contribution in [0.1, 0.15) is 39.2 Å². The number of piperidine rings is 1. The summed E-state index contributed by atoms with van der Waals surface area (Å²) in [7, 11) is 0. The van der Waals surface area contributed by atoms with Gasteiger partial charge in [-0.05, 0) is 56.8 Å². The molecule has 0 radical (unpaired) electrons. The van der Waals surface area contributed by atoms with Crippen LogP contribution >= 0.6 is 0 Å². The summed E-state index contributed by atoms with van der Waals surface area (Å²) in [6.45, 7) is 12.1. The smallest absolute Gasteiger partial charge is 0.193 e. The highest BCUT2D eigenvalue weighted by Gasteiger charge is 2.25. The Morgan fingerprint density at radius 3 is 2.43 bits per heavy atom. The van der Waals surface area contributed by atoms with Gasteiger partial charge in [0.2, 0.25) is 0 Å². The van der Waals surface area contributed by atoms with E-state index in [4.69, 9.17) is 5.73 Å². The number of anilines is 1. The van der Waals surface area contributed by atoms with Gasteiger partial charge in [-0.3, -0.25) is 9.89 Å². The molecule has 1 aliphatic rings. The third-order valence-electron chi connectivity index (χ3n) is 4.83. The number of aryl methyl sites for hydroxylation is 1.